The molecule has 1 heterocycles. The van der Waals surface area contributed by atoms with Gasteiger partial charge in [0.05, 0.1) is 6.61 Å². The molecule has 1 aliphatic heterocycles. The summed E-state index contributed by atoms with van der Waals surface area (Å²) in [6.45, 7) is 2.61. The average Bonchev–Trinajstić information content (AvgIpc) is 2.88. The number of rotatable bonds is 10. The Balaban J connectivity index is 1.47. The number of amides is 4. The van der Waals surface area contributed by atoms with Crippen LogP contribution in [0.2, 0.25) is 0 Å². The topological polar surface area (TPSA) is 85.4 Å². The maximum Gasteiger partial charge on any atom is 0.317 e. The summed E-state index contributed by atoms with van der Waals surface area (Å²) in [5.74, 6) is -0.554. The highest BCUT2D eigenvalue weighted by molar-refractivity contribution is 6.29. The van der Waals surface area contributed by atoms with Crippen LogP contribution in [0.3, 0.4) is 0 Å². The highest BCUT2D eigenvalue weighted by atomic mass is 16.5. The van der Waals surface area contributed by atoms with Gasteiger partial charge in [-0.1, -0.05) is 36.4 Å². The first kappa shape index (κ1) is 25.6. The van der Waals surface area contributed by atoms with Gasteiger partial charge in [-0.25, -0.2) is 14.8 Å². The second-order valence-electron chi connectivity index (χ2n) is 9.08. The maximum absolute atomic E-state index is 13.5. The lowest BCUT2D eigenvalue weighted by Gasteiger charge is -2.33. The summed E-state index contributed by atoms with van der Waals surface area (Å²) in [5, 5.41) is 10.4. The molecule has 0 unspecified atom stereocenters. The lowest BCUT2D eigenvalue weighted by Crippen LogP contribution is -2.49. The van der Waals surface area contributed by atoms with E-state index in [-0.39, 0.29) is 24.4 Å². The van der Waals surface area contributed by atoms with Gasteiger partial charge in [-0.3, -0.25) is 14.5 Å². The molecule has 9 nitrogen and oxygen atoms in total. The summed E-state index contributed by atoms with van der Waals surface area (Å²) < 4.78 is 5.01. The van der Waals surface area contributed by atoms with Crippen LogP contribution >= 0.6 is 0 Å². The molecule has 0 saturated carbocycles. The number of methoxy groups -OCH3 is 1. The molecule has 190 valence electrons. The van der Waals surface area contributed by atoms with E-state index in [4.69, 9.17) is 4.74 Å². The molecule has 9 heteroatoms. The Hall–Kier alpha value is -3.53. The van der Waals surface area contributed by atoms with E-state index in [9.17, 15) is 14.4 Å². The Morgan fingerprint density at radius 3 is 2.39 bits per heavy atom. The number of likely N-dealkylation sites (N-methyl/N-ethyl adjacent to an activating group) is 1. The van der Waals surface area contributed by atoms with Gasteiger partial charge < -0.3 is 15.0 Å². The van der Waals surface area contributed by atoms with Gasteiger partial charge in [0.25, 0.3) is 11.8 Å². The van der Waals surface area contributed by atoms with E-state index in [1.165, 1.54) is 4.90 Å². The lowest BCUT2D eigenvalue weighted by molar-refractivity contribution is 0.0169. The monoisotopic (exact) mass is 491 g/mol. The quantitative estimate of drug-likeness (QED) is 0.267. The number of ether oxygens (including phenoxy) is 1. The zero-order valence-corrected chi connectivity index (χ0v) is 21.3. The van der Waals surface area contributed by atoms with Crippen molar-refractivity contribution in [3.05, 3.63) is 59.7 Å². The summed E-state index contributed by atoms with van der Waals surface area (Å²) >= 11 is 0. The van der Waals surface area contributed by atoms with Crippen LogP contribution in [0.4, 0.5) is 4.79 Å². The molecule has 0 spiro atoms. The molecular weight excluding hydrogens is 458 g/mol. The highest BCUT2D eigenvalue weighted by Crippen LogP contribution is 2.35. The number of benzene rings is 3. The third-order valence-corrected chi connectivity index (χ3v) is 6.61. The fraction of sp³-hybridized carbons (Fsp3) is 0.370. The second kappa shape index (κ2) is 11.0. The van der Waals surface area contributed by atoms with Crippen molar-refractivity contribution < 1.29 is 19.1 Å². The van der Waals surface area contributed by atoms with Gasteiger partial charge in [0, 0.05) is 77.5 Å². The molecule has 1 N–H and O–H groups in total. The number of carbonyl (C=O) groups is 3. The third-order valence-electron chi connectivity index (χ3n) is 6.61. The standard InChI is InChI=1S/C27H33N5O4/c1-29(2)31(13-12-28-27(35)30(3)16-17-36-4)14-15-32-25(33)22-11-7-10-21-20-9-6-5-8-19(20)18-23(24(21)22)26(32)34/h5-11,18H,12-17H2,1-4H3,(H,28,35). The Labute approximate surface area is 211 Å². The summed E-state index contributed by atoms with van der Waals surface area (Å²) in [6, 6.07) is 15.3. The van der Waals surface area contributed by atoms with Gasteiger partial charge in [-0.15, -0.1) is 0 Å². The van der Waals surface area contributed by atoms with E-state index in [0.29, 0.717) is 43.9 Å². The van der Waals surface area contributed by atoms with E-state index in [2.05, 4.69) is 5.32 Å². The van der Waals surface area contributed by atoms with Crippen LogP contribution in [0, 0.1) is 0 Å². The second-order valence-corrected chi connectivity index (χ2v) is 9.08. The molecule has 1 aliphatic rings. The van der Waals surface area contributed by atoms with Crippen molar-refractivity contribution >= 4 is 39.4 Å². The normalized spacial score (nSPS) is 13.3. The van der Waals surface area contributed by atoms with Crippen molar-refractivity contribution in [2.24, 2.45) is 0 Å². The average molecular weight is 492 g/mol. The molecule has 0 radical (unpaired) electrons. The molecule has 0 aliphatic carbocycles. The van der Waals surface area contributed by atoms with Crippen molar-refractivity contribution in [1.82, 2.24) is 25.1 Å². The van der Waals surface area contributed by atoms with E-state index in [0.717, 1.165) is 21.5 Å². The fourth-order valence-corrected chi connectivity index (χ4v) is 4.58. The van der Waals surface area contributed by atoms with Crippen molar-refractivity contribution in [2.75, 3.05) is 67.6 Å². The molecule has 0 fully saturated rings. The van der Waals surface area contributed by atoms with Crippen LogP contribution in [0.15, 0.2) is 48.5 Å². The number of hydrogen-bond donors (Lipinski definition) is 1. The van der Waals surface area contributed by atoms with Crippen molar-refractivity contribution in [3.63, 3.8) is 0 Å². The molecule has 4 rings (SSSR count). The summed E-state index contributed by atoms with van der Waals surface area (Å²) in [7, 11) is 7.11. The number of nitrogens with one attached hydrogen (secondary N) is 1. The number of imide groups is 1. The molecule has 0 atom stereocenters. The van der Waals surface area contributed by atoms with Crippen molar-refractivity contribution in [1.29, 1.82) is 0 Å². The highest BCUT2D eigenvalue weighted by Gasteiger charge is 2.33. The van der Waals surface area contributed by atoms with Crippen molar-refractivity contribution in [3.8, 4) is 0 Å². The number of carbonyl (C=O) groups excluding carboxylic acids is 3. The van der Waals surface area contributed by atoms with Gasteiger partial charge in [0.15, 0.2) is 0 Å². The maximum atomic E-state index is 13.5. The summed E-state index contributed by atoms with van der Waals surface area (Å²) in [6.07, 6.45) is 0. The Morgan fingerprint density at radius 2 is 1.64 bits per heavy atom. The molecule has 0 bridgehead atoms. The zero-order chi connectivity index (χ0) is 25.8. The Bertz CT molecular complexity index is 1290. The van der Waals surface area contributed by atoms with Crippen LogP contribution in [0.1, 0.15) is 20.7 Å². The first-order valence-electron chi connectivity index (χ1n) is 12.0. The third kappa shape index (κ3) is 5.04. The Morgan fingerprint density at radius 1 is 0.917 bits per heavy atom. The predicted molar refractivity (Wildman–Crippen MR) is 140 cm³/mol. The largest absolute Gasteiger partial charge is 0.383 e. The van der Waals surface area contributed by atoms with Crippen LogP contribution < -0.4 is 5.32 Å². The minimum absolute atomic E-state index is 0.177. The zero-order valence-electron chi connectivity index (χ0n) is 21.3. The minimum atomic E-state index is -0.278. The molecule has 3 aromatic rings. The van der Waals surface area contributed by atoms with E-state index in [1.54, 1.807) is 25.1 Å². The van der Waals surface area contributed by atoms with Crippen LogP contribution in [0.5, 0.6) is 0 Å². The summed E-state index contributed by atoms with van der Waals surface area (Å²) in [5.41, 5.74) is 1.11. The number of hydrogen-bond acceptors (Lipinski definition) is 6. The molecule has 0 aromatic heterocycles. The number of hydrazine groups is 1. The first-order valence-corrected chi connectivity index (χ1v) is 12.0. The lowest BCUT2D eigenvalue weighted by atomic mass is 9.90. The SMILES string of the molecule is COCCN(C)C(=O)NCCN(CCN1C(=O)c2cccc3c2c(cc2ccccc23)C1=O)N(C)C. The Kier molecular flexibility index (Phi) is 7.83. The first-order chi connectivity index (χ1) is 17.3. The fourth-order valence-electron chi connectivity index (χ4n) is 4.58. The molecule has 0 saturated heterocycles. The van der Waals surface area contributed by atoms with Gasteiger partial charge >= 0.3 is 6.03 Å². The van der Waals surface area contributed by atoms with Crippen LogP contribution in [-0.4, -0.2) is 105 Å². The number of fused-ring (bicyclic) bond motifs is 2. The molecule has 36 heavy (non-hydrogen) atoms. The van der Waals surface area contributed by atoms with E-state index >= 15 is 0 Å². The smallest absolute Gasteiger partial charge is 0.317 e. The van der Waals surface area contributed by atoms with Gasteiger partial charge in [-0.05, 0) is 28.3 Å². The van der Waals surface area contributed by atoms with Gasteiger partial charge in [0.2, 0.25) is 0 Å². The van der Waals surface area contributed by atoms with Gasteiger partial charge in [0.1, 0.15) is 0 Å². The molecule has 4 amide bonds. The van der Waals surface area contributed by atoms with Crippen molar-refractivity contribution in [2.45, 2.75) is 0 Å². The van der Waals surface area contributed by atoms with E-state index in [1.807, 2.05) is 66.6 Å². The van der Waals surface area contributed by atoms with E-state index < -0.39 is 0 Å². The predicted octanol–water partition coefficient (Wildman–Crippen LogP) is 2.66. The molecular formula is C27H33N5O4. The van der Waals surface area contributed by atoms with Gasteiger partial charge in [-0.2, -0.15) is 0 Å². The van der Waals surface area contributed by atoms with Crippen LogP contribution in [0.25, 0.3) is 21.5 Å². The summed E-state index contributed by atoms with van der Waals surface area (Å²) in [4.78, 5) is 42.0. The number of urea groups is 1. The van der Waals surface area contributed by atoms with Crippen LogP contribution in [-0.2, 0) is 4.74 Å². The number of nitrogens with zero attached hydrogens (tertiary/aromatic N) is 4. The molecule has 3 aromatic carbocycles. The minimum Gasteiger partial charge on any atom is -0.383 e.